The van der Waals surface area contributed by atoms with Crippen LogP contribution >= 0.6 is 23.4 Å². The van der Waals surface area contributed by atoms with E-state index in [-0.39, 0.29) is 0 Å². The van der Waals surface area contributed by atoms with E-state index in [1.54, 1.807) is 30.4 Å². The minimum atomic E-state index is 0.508. The Bertz CT molecular complexity index is 1150. The highest BCUT2D eigenvalue weighted by Crippen LogP contribution is 2.39. The lowest BCUT2D eigenvalue weighted by atomic mass is 10.2. The van der Waals surface area contributed by atoms with Crippen LogP contribution < -0.4 is 9.47 Å². The number of benzene rings is 1. The number of ether oxygens (including phenoxy) is 2. The molecule has 0 saturated carbocycles. The Morgan fingerprint density at radius 1 is 1.10 bits per heavy atom. The van der Waals surface area contributed by atoms with Crippen molar-refractivity contribution >= 4 is 23.4 Å². The number of thioether (sulfide) groups is 1. The average Bonchev–Trinajstić information content (AvgIpc) is 3.43. The lowest BCUT2D eigenvalue weighted by molar-refractivity contribution is 0.171. The van der Waals surface area contributed by atoms with Crippen LogP contribution in [0.25, 0.3) is 11.4 Å². The van der Waals surface area contributed by atoms with Crippen LogP contribution in [0, 0.1) is 0 Å². The molecule has 0 spiro atoms. The van der Waals surface area contributed by atoms with E-state index >= 15 is 0 Å². The fourth-order valence-corrected chi connectivity index (χ4v) is 4.36. The van der Waals surface area contributed by atoms with Gasteiger partial charge < -0.3 is 13.9 Å². The predicted octanol–water partition coefficient (Wildman–Crippen LogP) is 4.70. The molecule has 30 heavy (non-hydrogen) atoms. The summed E-state index contributed by atoms with van der Waals surface area (Å²) in [6, 6.07) is 11.5. The maximum Gasteiger partial charge on any atom is 0.192 e. The SMILES string of the molecule is Clc1cc(CSc2nnc(-c3cccnc3)n2Cc2ccco2)cc2c1OCCO2. The quantitative estimate of drug-likeness (QED) is 0.402. The van der Waals surface area contributed by atoms with Gasteiger partial charge in [-0.3, -0.25) is 9.55 Å². The molecule has 7 nitrogen and oxygen atoms in total. The van der Waals surface area contributed by atoms with E-state index < -0.39 is 0 Å². The van der Waals surface area contributed by atoms with Crippen molar-refractivity contribution in [1.29, 1.82) is 0 Å². The first-order valence-electron chi connectivity index (χ1n) is 9.35. The highest BCUT2D eigenvalue weighted by Gasteiger charge is 2.19. The average molecular weight is 441 g/mol. The summed E-state index contributed by atoms with van der Waals surface area (Å²) in [5.41, 5.74) is 1.91. The second kappa shape index (κ2) is 8.41. The molecule has 0 N–H and O–H groups in total. The molecule has 4 heterocycles. The molecule has 9 heteroatoms. The second-order valence-electron chi connectivity index (χ2n) is 6.60. The number of furan rings is 1. The van der Waals surface area contributed by atoms with Gasteiger partial charge in [-0.25, -0.2) is 0 Å². The zero-order valence-corrected chi connectivity index (χ0v) is 17.4. The monoisotopic (exact) mass is 440 g/mol. The number of nitrogens with zero attached hydrogens (tertiary/aromatic N) is 4. The number of aromatic nitrogens is 4. The minimum absolute atomic E-state index is 0.508. The van der Waals surface area contributed by atoms with Gasteiger partial charge in [0.2, 0.25) is 0 Å². The molecule has 152 valence electrons. The highest BCUT2D eigenvalue weighted by molar-refractivity contribution is 7.98. The van der Waals surface area contributed by atoms with Crippen molar-refractivity contribution < 1.29 is 13.9 Å². The molecule has 1 aromatic carbocycles. The number of pyridine rings is 1. The van der Waals surface area contributed by atoms with Crippen LogP contribution in [-0.4, -0.2) is 33.0 Å². The fraction of sp³-hybridized carbons (Fsp3) is 0.190. The summed E-state index contributed by atoms with van der Waals surface area (Å²) in [6.07, 6.45) is 5.17. The van der Waals surface area contributed by atoms with Crippen molar-refractivity contribution in [1.82, 2.24) is 19.7 Å². The number of fused-ring (bicyclic) bond motifs is 1. The Kier molecular flexibility index (Phi) is 5.33. The summed E-state index contributed by atoms with van der Waals surface area (Å²) < 4.78 is 18.8. The molecule has 0 bridgehead atoms. The Labute approximate surface area is 182 Å². The summed E-state index contributed by atoms with van der Waals surface area (Å²) >= 11 is 7.94. The first kappa shape index (κ1) is 19.0. The summed E-state index contributed by atoms with van der Waals surface area (Å²) in [7, 11) is 0. The molecule has 5 rings (SSSR count). The van der Waals surface area contributed by atoms with Crippen molar-refractivity contribution in [3.63, 3.8) is 0 Å². The predicted molar refractivity (Wildman–Crippen MR) is 113 cm³/mol. The molecule has 0 saturated heterocycles. The summed E-state index contributed by atoms with van der Waals surface area (Å²) in [5, 5.41) is 10.1. The van der Waals surface area contributed by atoms with Gasteiger partial charge in [-0.2, -0.15) is 0 Å². The van der Waals surface area contributed by atoms with Crippen LogP contribution in [0.2, 0.25) is 5.02 Å². The fourth-order valence-electron chi connectivity index (χ4n) is 3.20. The largest absolute Gasteiger partial charge is 0.486 e. The maximum atomic E-state index is 6.37. The maximum absolute atomic E-state index is 6.37. The lowest BCUT2D eigenvalue weighted by Gasteiger charge is -2.20. The van der Waals surface area contributed by atoms with Gasteiger partial charge in [0, 0.05) is 23.7 Å². The van der Waals surface area contributed by atoms with Crippen molar-refractivity contribution in [3.05, 3.63) is 71.4 Å². The molecule has 0 fully saturated rings. The van der Waals surface area contributed by atoms with Crippen LogP contribution in [0.1, 0.15) is 11.3 Å². The second-order valence-corrected chi connectivity index (χ2v) is 7.95. The van der Waals surface area contributed by atoms with Gasteiger partial charge in [0.25, 0.3) is 0 Å². The number of hydrogen-bond acceptors (Lipinski definition) is 7. The third kappa shape index (κ3) is 3.88. The summed E-state index contributed by atoms with van der Waals surface area (Å²) in [4.78, 5) is 4.20. The van der Waals surface area contributed by atoms with Gasteiger partial charge in [-0.1, -0.05) is 23.4 Å². The Morgan fingerprint density at radius 3 is 2.87 bits per heavy atom. The van der Waals surface area contributed by atoms with Crippen LogP contribution in [0.15, 0.2) is 64.6 Å². The molecule has 1 aliphatic rings. The number of halogens is 1. The van der Waals surface area contributed by atoms with Crippen LogP contribution in [0.3, 0.4) is 0 Å². The molecule has 0 atom stereocenters. The van der Waals surface area contributed by atoms with Crippen molar-refractivity contribution in [2.45, 2.75) is 17.5 Å². The molecule has 4 aromatic rings. The molecule has 0 aliphatic carbocycles. The van der Waals surface area contributed by atoms with Crippen LogP contribution in [-0.2, 0) is 12.3 Å². The van der Waals surface area contributed by atoms with E-state index in [0.29, 0.717) is 42.0 Å². The van der Waals surface area contributed by atoms with Crippen LogP contribution in [0.5, 0.6) is 11.5 Å². The van der Waals surface area contributed by atoms with E-state index in [1.807, 2.05) is 41.0 Å². The number of hydrogen-bond donors (Lipinski definition) is 0. The number of rotatable bonds is 6. The third-order valence-electron chi connectivity index (χ3n) is 4.56. The Balaban J connectivity index is 1.43. The van der Waals surface area contributed by atoms with E-state index in [4.69, 9.17) is 25.5 Å². The van der Waals surface area contributed by atoms with Crippen molar-refractivity contribution in [2.75, 3.05) is 13.2 Å². The van der Waals surface area contributed by atoms with Gasteiger partial charge >= 0.3 is 0 Å². The third-order valence-corrected chi connectivity index (χ3v) is 5.87. The van der Waals surface area contributed by atoms with Gasteiger partial charge in [0.05, 0.1) is 17.8 Å². The zero-order valence-electron chi connectivity index (χ0n) is 15.8. The summed E-state index contributed by atoms with van der Waals surface area (Å²) in [6.45, 7) is 1.55. The zero-order chi connectivity index (χ0) is 20.3. The molecular formula is C21H17ClN4O3S. The molecule has 1 aliphatic heterocycles. The topological polar surface area (TPSA) is 75.2 Å². The van der Waals surface area contributed by atoms with Crippen LogP contribution in [0.4, 0.5) is 0 Å². The molecular weight excluding hydrogens is 424 g/mol. The first-order valence-corrected chi connectivity index (χ1v) is 10.7. The molecule has 3 aromatic heterocycles. The standard InChI is InChI=1S/C21H17ClN4O3S/c22-17-9-14(10-18-19(17)29-8-7-28-18)13-30-21-25-24-20(15-3-1-5-23-11-15)26(21)12-16-4-2-6-27-16/h1-6,9-11H,7-8,12-13H2. The van der Waals surface area contributed by atoms with Gasteiger partial charge in [-0.05, 0) is 42.0 Å². The normalized spacial score (nSPS) is 12.8. The van der Waals surface area contributed by atoms with Gasteiger partial charge in [-0.15, -0.1) is 10.2 Å². The Morgan fingerprint density at radius 2 is 2.03 bits per heavy atom. The van der Waals surface area contributed by atoms with E-state index in [2.05, 4.69) is 15.2 Å². The first-order chi connectivity index (χ1) is 14.8. The lowest BCUT2D eigenvalue weighted by Crippen LogP contribution is -2.15. The van der Waals surface area contributed by atoms with Crippen molar-refractivity contribution in [2.24, 2.45) is 0 Å². The van der Waals surface area contributed by atoms with Crippen molar-refractivity contribution in [3.8, 4) is 22.9 Å². The van der Waals surface area contributed by atoms with Gasteiger partial charge in [0.1, 0.15) is 19.0 Å². The molecule has 0 unspecified atom stereocenters. The molecule has 0 amide bonds. The van der Waals surface area contributed by atoms with E-state index in [1.165, 1.54) is 0 Å². The summed E-state index contributed by atoms with van der Waals surface area (Å²) in [5.74, 6) is 3.50. The van der Waals surface area contributed by atoms with E-state index in [9.17, 15) is 0 Å². The minimum Gasteiger partial charge on any atom is -0.486 e. The van der Waals surface area contributed by atoms with Gasteiger partial charge in [0.15, 0.2) is 22.5 Å². The Hall–Kier alpha value is -2.97. The highest BCUT2D eigenvalue weighted by atomic mass is 35.5. The smallest absolute Gasteiger partial charge is 0.192 e. The molecule has 0 radical (unpaired) electrons. The van der Waals surface area contributed by atoms with E-state index in [0.717, 1.165) is 27.9 Å².